The summed E-state index contributed by atoms with van der Waals surface area (Å²) in [5.41, 5.74) is 2.14. The van der Waals surface area contributed by atoms with Crippen LogP contribution < -0.4 is 5.32 Å². The Morgan fingerprint density at radius 2 is 2.21 bits per heavy atom. The fraction of sp³-hybridized carbons (Fsp3) is 0.364. The van der Waals surface area contributed by atoms with Gasteiger partial charge in [0.1, 0.15) is 5.82 Å². The topological polar surface area (TPSA) is 40.7 Å². The first-order valence-electron chi connectivity index (χ1n) is 4.99. The van der Waals surface area contributed by atoms with Gasteiger partial charge in [-0.2, -0.15) is 0 Å². The van der Waals surface area contributed by atoms with E-state index in [9.17, 15) is 0 Å². The minimum Gasteiger partial charge on any atom is -0.341 e. The Kier molecular flexibility index (Phi) is 2.50. The molecule has 0 unspecified atom stereocenters. The average molecular weight is 189 g/mol. The molecule has 1 atom stereocenters. The SMILES string of the molecule is CCN[C@H](C)c1nc2ccccc2[nH]1. The standard InChI is InChI=1S/C11H15N3/c1-3-12-8(2)11-13-9-6-4-5-7-10(9)14-11/h4-8,12H,3H2,1-2H3,(H,13,14)/t8-/m1/s1. The first-order chi connectivity index (χ1) is 6.81. The highest BCUT2D eigenvalue weighted by Crippen LogP contribution is 2.14. The molecule has 14 heavy (non-hydrogen) atoms. The molecule has 0 saturated carbocycles. The number of rotatable bonds is 3. The second-order valence-electron chi connectivity index (χ2n) is 3.42. The summed E-state index contributed by atoms with van der Waals surface area (Å²) in [6, 6.07) is 8.37. The molecule has 3 nitrogen and oxygen atoms in total. The lowest BCUT2D eigenvalue weighted by molar-refractivity contribution is 0.573. The molecular formula is C11H15N3. The second kappa shape index (κ2) is 3.80. The predicted octanol–water partition coefficient (Wildman–Crippen LogP) is 2.23. The van der Waals surface area contributed by atoms with Crippen molar-refractivity contribution in [2.75, 3.05) is 6.54 Å². The van der Waals surface area contributed by atoms with Crippen molar-refractivity contribution in [1.82, 2.24) is 15.3 Å². The van der Waals surface area contributed by atoms with E-state index in [4.69, 9.17) is 0 Å². The molecule has 1 aromatic carbocycles. The Morgan fingerprint density at radius 1 is 1.43 bits per heavy atom. The Morgan fingerprint density at radius 3 is 2.93 bits per heavy atom. The predicted molar refractivity (Wildman–Crippen MR) is 58.2 cm³/mol. The van der Waals surface area contributed by atoms with Crippen LogP contribution in [0, 0.1) is 0 Å². The molecule has 0 saturated heterocycles. The third-order valence-corrected chi connectivity index (χ3v) is 2.33. The van der Waals surface area contributed by atoms with Crippen molar-refractivity contribution < 1.29 is 0 Å². The van der Waals surface area contributed by atoms with Crippen LogP contribution in [0.5, 0.6) is 0 Å². The molecule has 1 aromatic heterocycles. The first-order valence-corrected chi connectivity index (χ1v) is 4.99. The summed E-state index contributed by atoms with van der Waals surface area (Å²) in [5.74, 6) is 1.01. The summed E-state index contributed by atoms with van der Waals surface area (Å²) in [4.78, 5) is 7.82. The van der Waals surface area contributed by atoms with Gasteiger partial charge in [0.05, 0.1) is 17.1 Å². The number of fused-ring (bicyclic) bond motifs is 1. The summed E-state index contributed by atoms with van der Waals surface area (Å²) in [7, 11) is 0. The molecule has 0 aliphatic heterocycles. The molecule has 0 aliphatic carbocycles. The van der Waals surface area contributed by atoms with E-state index in [-0.39, 0.29) is 6.04 Å². The summed E-state index contributed by atoms with van der Waals surface area (Å²) in [5, 5.41) is 3.33. The molecule has 1 heterocycles. The molecule has 2 N–H and O–H groups in total. The molecule has 74 valence electrons. The quantitative estimate of drug-likeness (QED) is 0.777. The van der Waals surface area contributed by atoms with E-state index >= 15 is 0 Å². The van der Waals surface area contributed by atoms with Crippen LogP contribution in [0.1, 0.15) is 25.7 Å². The van der Waals surface area contributed by atoms with Gasteiger partial charge in [0.15, 0.2) is 0 Å². The smallest absolute Gasteiger partial charge is 0.124 e. The maximum Gasteiger partial charge on any atom is 0.124 e. The zero-order valence-corrected chi connectivity index (χ0v) is 8.54. The Hall–Kier alpha value is -1.35. The van der Waals surface area contributed by atoms with Crippen molar-refractivity contribution in [2.45, 2.75) is 19.9 Å². The van der Waals surface area contributed by atoms with Gasteiger partial charge < -0.3 is 10.3 Å². The van der Waals surface area contributed by atoms with Gasteiger partial charge in [-0.25, -0.2) is 4.98 Å². The summed E-state index contributed by atoms with van der Waals surface area (Å²) in [6.45, 7) is 5.17. The fourth-order valence-electron chi connectivity index (χ4n) is 1.58. The molecule has 3 heteroatoms. The lowest BCUT2D eigenvalue weighted by Crippen LogP contribution is -2.18. The molecular weight excluding hydrogens is 174 g/mol. The van der Waals surface area contributed by atoms with E-state index in [1.807, 2.05) is 24.3 Å². The van der Waals surface area contributed by atoms with Gasteiger partial charge in [-0.3, -0.25) is 0 Å². The van der Waals surface area contributed by atoms with Gasteiger partial charge in [-0.05, 0) is 25.6 Å². The van der Waals surface area contributed by atoms with Gasteiger partial charge in [-0.15, -0.1) is 0 Å². The molecule has 2 rings (SSSR count). The van der Waals surface area contributed by atoms with Crippen LogP contribution in [0.15, 0.2) is 24.3 Å². The van der Waals surface area contributed by atoms with E-state index in [0.717, 1.165) is 23.4 Å². The Bertz CT molecular complexity index is 386. The fourth-order valence-corrected chi connectivity index (χ4v) is 1.58. The molecule has 2 aromatic rings. The number of nitrogens with one attached hydrogen (secondary N) is 2. The molecule has 0 radical (unpaired) electrons. The van der Waals surface area contributed by atoms with Crippen molar-refractivity contribution in [3.63, 3.8) is 0 Å². The van der Waals surface area contributed by atoms with E-state index in [2.05, 4.69) is 29.1 Å². The highest BCUT2D eigenvalue weighted by atomic mass is 15.0. The summed E-state index contributed by atoms with van der Waals surface area (Å²) in [6.07, 6.45) is 0. The number of H-pyrrole nitrogens is 1. The van der Waals surface area contributed by atoms with E-state index in [1.54, 1.807) is 0 Å². The number of imidazole rings is 1. The molecule has 0 aliphatic rings. The monoisotopic (exact) mass is 189 g/mol. The zero-order chi connectivity index (χ0) is 9.97. The van der Waals surface area contributed by atoms with Crippen LogP contribution in [0.4, 0.5) is 0 Å². The highest BCUT2D eigenvalue weighted by Gasteiger charge is 2.08. The molecule has 0 bridgehead atoms. The molecule has 0 spiro atoms. The molecule has 0 amide bonds. The van der Waals surface area contributed by atoms with Crippen molar-refractivity contribution in [1.29, 1.82) is 0 Å². The van der Waals surface area contributed by atoms with Crippen LogP contribution in [0.2, 0.25) is 0 Å². The van der Waals surface area contributed by atoms with E-state index in [0.29, 0.717) is 0 Å². The number of nitrogens with zero attached hydrogens (tertiary/aromatic N) is 1. The number of para-hydroxylation sites is 2. The second-order valence-corrected chi connectivity index (χ2v) is 3.42. The van der Waals surface area contributed by atoms with E-state index < -0.39 is 0 Å². The van der Waals surface area contributed by atoms with Gasteiger partial charge in [0.25, 0.3) is 0 Å². The van der Waals surface area contributed by atoms with Gasteiger partial charge in [-0.1, -0.05) is 19.1 Å². The molecule has 0 fully saturated rings. The van der Waals surface area contributed by atoms with Gasteiger partial charge in [0.2, 0.25) is 0 Å². The average Bonchev–Trinajstić information content (AvgIpc) is 2.61. The number of benzene rings is 1. The largest absolute Gasteiger partial charge is 0.341 e. The van der Waals surface area contributed by atoms with Gasteiger partial charge >= 0.3 is 0 Å². The lowest BCUT2D eigenvalue weighted by atomic mass is 10.3. The summed E-state index contributed by atoms with van der Waals surface area (Å²) < 4.78 is 0. The third-order valence-electron chi connectivity index (χ3n) is 2.33. The normalized spacial score (nSPS) is 13.3. The third kappa shape index (κ3) is 1.63. The van der Waals surface area contributed by atoms with Crippen LogP contribution in [-0.2, 0) is 0 Å². The van der Waals surface area contributed by atoms with Crippen LogP contribution in [0.3, 0.4) is 0 Å². The van der Waals surface area contributed by atoms with Crippen LogP contribution in [-0.4, -0.2) is 16.5 Å². The number of hydrogen-bond acceptors (Lipinski definition) is 2. The lowest BCUT2D eigenvalue weighted by Gasteiger charge is -2.07. The first kappa shape index (κ1) is 9.21. The number of hydrogen-bond donors (Lipinski definition) is 2. The maximum atomic E-state index is 4.51. The maximum absolute atomic E-state index is 4.51. The van der Waals surface area contributed by atoms with Crippen molar-refractivity contribution in [2.24, 2.45) is 0 Å². The van der Waals surface area contributed by atoms with E-state index in [1.165, 1.54) is 0 Å². The zero-order valence-electron chi connectivity index (χ0n) is 8.54. The Balaban J connectivity index is 2.35. The number of aromatic amines is 1. The van der Waals surface area contributed by atoms with Crippen molar-refractivity contribution >= 4 is 11.0 Å². The van der Waals surface area contributed by atoms with Gasteiger partial charge in [0, 0.05) is 0 Å². The van der Waals surface area contributed by atoms with Crippen molar-refractivity contribution in [3.8, 4) is 0 Å². The summed E-state index contributed by atoms with van der Waals surface area (Å²) >= 11 is 0. The van der Waals surface area contributed by atoms with Crippen LogP contribution in [0.25, 0.3) is 11.0 Å². The number of aromatic nitrogens is 2. The highest BCUT2D eigenvalue weighted by molar-refractivity contribution is 5.74. The minimum atomic E-state index is 0.285. The minimum absolute atomic E-state index is 0.285. The Labute approximate surface area is 83.6 Å². The van der Waals surface area contributed by atoms with Crippen LogP contribution >= 0.6 is 0 Å². The van der Waals surface area contributed by atoms with Crippen molar-refractivity contribution in [3.05, 3.63) is 30.1 Å².